The van der Waals surface area contributed by atoms with Crippen molar-refractivity contribution in [1.29, 1.82) is 0 Å². The molecule has 1 rings (SSSR count). The summed E-state index contributed by atoms with van der Waals surface area (Å²) in [6.45, 7) is 0. The molecule has 0 fully saturated rings. The number of carbonyl (C=O) groups excluding carboxylic acids is 1. The number of pyridine rings is 1. The minimum Gasteiger partial charge on any atom is -0.459 e. The number of methoxy groups -OCH3 is 1. The molecule has 1 heterocycles. The van der Waals surface area contributed by atoms with Crippen LogP contribution >= 0.6 is 23.2 Å². The Kier molecular flexibility index (Phi) is 3.75. The van der Waals surface area contributed by atoms with Gasteiger partial charge in [-0.15, -0.1) is 0 Å². The maximum absolute atomic E-state index is 10.7. The largest absolute Gasteiger partial charge is 0.459 e. The molecule has 14 heavy (non-hydrogen) atoms. The molecule has 0 aliphatic rings. The fourth-order valence-electron chi connectivity index (χ4n) is 0.664. The predicted molar refractivity (Wildman–Crippen MR) is 53.2 cm³/mol. The average Bonchev–Trinajstić information content (AvgIpc) is 2.19. The number of nitrogens with zero attached hydrogens (tertiary/aromatic N) is 1. The highest BCUT2D eigenvalue weighted by Gasteiger charge is 1.98. The molecule has 0 aliphatic heterocycles. The molecule has 0 bridgehead atoms. The first-order valence-electron chi connectivity index (χ1n) is 3.54. The summed E-state index contributed by atoms with van der Waals surface area (Å²) in [6, 6.07) is 1.52. The number of carbonyl (C=O) groups is 1. The lowest BCUT2D eigenvalue weighted by Gasteiger charge is -1.93. The molecule has 0 atom stereocenters. The summed E-state index contributed by atoms with van der Waals surface area (Å²) < 4.78 is 4.33. The van der Waals surface area contributed by atoms with Crippen molar-refractivity contribution in [2.45, 2.75) is 0 Å². The van der Waals surface area contributed by atoms with Crippen LogP contribution < -0.4 is 0 Å². The summed E-state index contributed by atoms with van der Waals surface area (Å²) in [5.74, 6) is 4.16. The Morgan fingerprint density at radius 3 is 2.86 bits per heavy atom. The van der Waals surface area contributed by atoms with Crippen LogP contribution in [0.1, 0.15) is 5.56 Å². The second kappa shape index (κ2) is 4.85. The highest BCUT2D eigenvalue weighted by molar-refractivity contribution is 6.41. The monoisotopic (exact) mass is 229 g/mol. The second-order valence-corrected chi connectivity index (χ2v) is 3.00. The van der Waals surface area contributed by atoms with E-state index in [1.165, 1.54) is 19.4 Å². The van der Waals surface area contributed by atoms with Crippen molar-refractivity contribution in [2.75, 3.05) is 7.11 Å². The molecule has 0 aliphatic carbocycles. The van der Waals surface area contributed by atoms with Crippen molar-refractivity contribution < 1.29 is 9.53 Å². The molecule has 0 saturated heterocycles. The molecule has 5 heteroatoms. The molecule has 72 valence electrons. The van der Waals surface area contributed by atoms with Crippen molar-refractivity contribution >= 4 is 29.2 Å². The van der Waals surface area contributed by atoms with E-state index in [2.05, 4.69) is 21.6 Å². The van der Waals surface area contributed by atoms with Crippen LogP contribution in [0.4, 0.5) is 0 Å². The van der Waals surface area contributed by atoms with Gasteiger partial charge in [-0.1, -0.05) is 29.1 Å². The van der Waals surface area contributed by atoms with Gasteiger partial charge in [0.1, 0.15) is 5.15 Å². The lowest BCUT2D eigenvalue weighted by Crippen LogP contribution is -1.94. The van der Waals surface area contributed by atoms with E-state index in [1.807, 2.05) is 0 Å². The Hall–Kier alpha value is -1.24. The number of rotatable bonds is 0. The van der Waals surface area contributed by atoms with E-state index in [4.69, 9.17) is 23.2 Å². The van der Waals surface area contributed by atoms with E-state index >= 15 is 0 Å². The summed E-state index contributed by atoms with van der Waals surface area (Å²) in [5.41, 5.74) is 0.504. The zero-order valence-electron chi connectivity index (χ0n) is 7.17. The zero-order chi connectivity index (χ0) is 10.6. The third-order valence-corrected chi connectivity index (χ3v) is 1.98. The van der Waals surface area contributed by atoms with Crippen molar-refractivity contribution in [3.8, 4) is 11.8 Å². The van der Waals surface area contributed by atoms with Gasteiger partial charge in [0.05, 0.1) is 12.1 Å². The molecule has 0 radical (unpaired) electrons. The standard InChI is InChI=1S/C9H5Cl2NO2/c1-14-8(13)3-2-6-4-7(10)9(11)12-5-6/h4-5H,1H3. The lowest BCUT2D eigenvalue weighted by molar-refractivity contribution is -0.133. The van der Waals surface area contributed by atoms with Crippen LogP contribution in [0.3, 0.4) is 0 Å². The van der Waals surface area contributed by atoms with Crippen LogP contribution in [-0.2, 0) is 9.53 Å². The Labute approximate surface area is 91.0 Å². The second-order valence-electron chi connectivity index (χ2n) is 2.24. The Balaban J connectivity index is 2.91. The normalized spacial score (nSPS) is 8.79. The minimum atomic E-state index is -0.615. The molecule has 1 aromatic heterocycles. The zero-order valence-corrected chi connectivity index (χ0v) is 8.69. The van der Waals surface area contributed by atoms with Gasteiger partial charge in [0.25, 0.3) is 0 Å². The summed E-state index contributed by atoms with van der Waals surface area (Å²) in [5, 5.41) is 0.499. The van der Waals surface area contributed by atoms with Gasteiger partial charge in [0.15, 0.2) is 0 Å². The van der Waals surface area contributed by atoms with Crippen molar-refractivity contribution in [3.63, 3.8) is 0 Å². The number of hydrogen-bond donors (Lipinski definition) is 0. The quantitative estimate of drug-likeness (QED) is 0.388. The molecule has 0 aromatic carbocycles. The van der Waals surface area contributed by atoms with Crippen LogP contribution in [-0.4, -0.2) is 18.1 Å². The summed E-state index contributed by atoms with van der Waals surface area (Å²) in [7, 11) is 1.25. The van der Waals surface area contributed by atoms with Crippen molar-refractivity contribution in [1.82, 2.24) is 4.98 Å². The first-order chi connectivity index (χ1) is 6.63. The number of halogens is 2. The predicted octanol–water partition coefficient (Wildman–Crippen LogP) is 1.91. The summed E-state index contributed by atoms with van der Waals surface area (Å²) in [6.07, 6.45) is 1.42. The highest BCUT2D eigenvalue weighted by atomic mass is 35.5. The van der Waals surface area contributed by atoms with Crippen molar-refractivity contribution in [3.05, 3.63) is 28.0 Å². The molecule has 0 unspecified atom stereocenters. The highest BCUT2D eigenvalue weighted by Crippen LogP contribution is 2.18. The van der Waals surface area contributed by atoms with Gasteiger partial charge in [-0.05, 0) is 6.07 Å². The van der Waals surface area contributed by atoms with Crippen molar-refractivity contribution in [2.24, 2.45) is 0 Å². The molecule has 0 saturated carbocycles. The number of esters is 1. The van der Waals surface area contributed by atoms with Gasteiger partial charge >= 0.3 is 5.97 Å². The summed E-state index contributed by atoms with van der Waals surface area (Å²) in [4.78, 5) is 14.4. The van der Waals surface area contributed by atoms with Crippen LogP contribution in [0.15, 0.2) is 12.3 Å². The molecular formula is C9H5Cl2NO2. The van der Waals surface area contributed by atoms with Gasteiger partial charge < -0.3 is 4.74 Å². The maximum Gasteiger partial charge on any atom is 0.384 e. The first kappa shape index (κ1) is 10.8. The minimum absolute atomic E-state index is 0.204. The molecule has 0 spiro atoms. The third-order valence-electron chi connectivity index (χ3n) is 1.29. The van der Waals surface area contributed by atoms with E-state index in [0.717, 1.165) is 0 Å². The maximum atomic E-state index is 10.7. The van der Waals surface area contributed by atoms with Gasteiger partial charge in [-0.2, -0.15) is 0 Å². The lowest BCUT2D eigenvalue weighted by atomic mass is 10.3. The van der Waals surface area contributed by atoms with E-state index in [-0.39, 0.29) is 5.15 Å². The van der Waals surface area contributed by atoms with Crippen LogP contribution in [0.5, 0.6) is 0 Å². The number of aromatic nitrogens is 1. The van der Waals surface area contributed by atoms with Gasteiger partial charge in [0.2, 0.25) is 0 Å². The first-order valence-corrected chi connectivity index (χ1v) is 4.30. The van der Waals surface area contributed by atoms with E-state index in [1.54, 1.807) is 0 Å². The third kappa shape index (κ3) is 2.91. The molecule has 1 aromatic rings. The Bertz CT molecular complexity index is 421. The van der Waals surface area contributed by atoms with Crippen LogP contribution in [0, 0.1) is 11.8 Å². The van der Waals surface area contributed by atoms with Gasteiger partial charge in [-0.3, -0.25) is 0 Å². The smallest absolute Gasteiger partial charge is 0.384 e. The van der Waals surface area contributed by atoms with E-state index < -0.39 is 5.97 Å². The Morgan fingerprint density at radius 1 is 1.57 bits per heavy atom. The average molecular weight is 230 g/mol. The molecular weight excluding hydrogens is 225 g/mol. The van der Waals surface area contributed by atoms with E-state index in [0.29, 0.717) is 10.6 Å². The van der Waals surface area contributed by atoms with Crippen LogP contribution in [0.2, 0.25) is 10.2 Å². The SMILES string of the molecule is COC(=O)C#Cc1cnc(Cl)c(Cl)c1. The van der Waals surface area contributed by atoms with Gasteiger partial charge in [0, 0.05) is 17.7 Å². The molecule has 3 nitrogen and oxygen atoms in total. The number of hydrogen-bond acceptors (Lipinski definition) is 3. The summed E-state index contributed by atoms with van der Waals surface area (Å²) >= 11 is 11.3. The molecule has 0 amide bonds. The fourth-order valence-corrected chi connectivity index (χ4v) is 0.934. The van der Waals surface area contributed by atoms with E-state index in [9.17, 15) is 4.79 Å². The Morgan fingerprint density at radius 2 is 2.29 bits per heavy atom. The topological polar surface area (TPSA) is 39.2 Å². The van der Waals surface area contributed by atoms with Gasteiger partial charge in [-0.25, -0.2) is 9.78 Å². The fraction of sp³-hybridized carbons (Fsp3) is 0.111. The molecule has 0 N–H and O–H groups in total. The van der Waals surface area contributed by atoms with Crippen LogP contribution in [0.25, 0.3) is 0 Å². The number of ether oxygens (including phenoxy) is 1.